The van der Waals surface area contributed by atoms with Crippen molar-refractivity contribution in [2.75, 3.05) is 12.3 Å². The topological polar surface area (TPSA) is 42.2 Å². The first-order valence-corrected chi connectivity index (χ1v) is 6.55. The van der Waals surface area contributed by atoms with Gasteiger partial charge in [0.1, 0.15) is 0 Å². The smallest absolute Gasteiger partial charge is 0.180 e. The number of hydrogen-bond acceptors (Lipinski definition) is 4. The van der Waals surface area contributed by atoms with Crippen LogP contribution in [0.3, 0.4) is 0 Å². The number of aromatic nitrogens is 1. The summed E-state index contributed by atoms with van der Waals surface area (Å²) in [5.74, 6) is 0. The van der Waals surface area contributed by atoms with Crippen LogP contribution >= 0.6 is 11.3 Å². The highest BCUT2D eigenvalue weighted by Gasteiger charge is 2.21. The number of nitrogens with two attached hydrogens (primary N) is 1. The van der Waals surface area contributed by atoms with Crippen molar-refractivity contribution in [1.29, 1.82) is 0 Å². The standard InChI is InChI=1S/C11H19N3S/c1-2-14(9-5-3-4-6-9)8-10-7-13-11(12)15-10/h7,9H,2-6,8H2,1H3,(H2,12,13). The second kappa shape index (κ2) is 4.94. The van der Waals surface area contributed by atoms with E-state index < -0.39 is 0 Å². The molecule has 0 unspecified atom stereocenters. The van der Waals surface area contributed by atoms with E-state index in [4.69, 9.17) is 5.73 Å². The summed E-state index contributed by atoms with van der Waals surface area (Å²) in [7, 11) is 0. The predicted molar refractivity (Wildman–Crippen MR) is 64.9 cm³/mol. The van der Waals surface area contributed by atoms with Crippen molar-refractivity contribution in [3.63, 3.8) is 0 Å². The fraction of sp³-hybridized carbons (Fsp3) is 0.727. The zero-order chi connectivity index (χ0) is 10.7. The van der Waals surface area contributed by atoms with Crippen molar-refractivity contribution in [2.45, 2.75) is 45.2 Å². The number of nitrogens with zero attached hydrogens (tertiary/aromatic N) is 2. The molecule has 4 heteroatoms. The molecule has 0 aliphatic heterocycles. The number of nitrogen functional groups attached to an aromatic ring is 1. The molecule has 0 bridgehead atoms. The van der Waals surface area contributed by atoms with E-state index in [0.717, 1.165) is 19.1 Å². The molecule has 0 radical (unpaired) electrons. The van der Waals surface area contributed by atoms with Gasteiger partial charge in [-0.1, -0.05) is 19.8 Å². The molecule has 0 amide bonds. The summed E-state index contributed by atoms with van der Waals surface area (Å²) < 4.78 is 0. The third kappa shape index (κ3) is 2.69. The van der Waals surface area contributed by atoms with Crippen LogP contribution < -0.4 is 5.73 Å². The largest absolute Gasteiger partial charge is 0.375 e. The van der Waals surface area contributed by atoms with Gasteiger partial charge in [-0.3, -0.25) is 4.90 Å². The van der Waals surface area contributed by atoms with E-state index in [1.54, 1.807) is 11.3 Å². The molecule has 0 atom stereocenters. The lowest BCUT2D eigenvalue weighted by Crippen LogP contribution is -2.32. The van der Waals surface area contributed by atoms with E-state index in [9.17, 15) is 0 Å². The molecule has 84 valence electrons. The van der Waals surface area contributed by atoms with Gasteiger partial charge in [0.2, 0.25) is 0 Å². The van der Waals surface area contributed by atoms with Crippen LogP contribution in [0.5, 0.6) is 0 Å². The fourth-order valence-corrected chi connectivity index (χ4v) is 3.07. The Morgan fingerprint density at radius 3 is 2.80 bits per heavy atom. The number of anilines is 1. The molecule has 0 aromatic carbocycles. The second-order valence-corrected chi connectivity index (χ2v) is 5.31. The van der Waals surface area contributed by atoms with Gasteiger partial charge in [0.05, 0.1) is 0 Å². The fourth-order valence-electron chi connectivity index (χ4n) is 2.36. The van der Waals surface area contributed by atoms with E-state index in [-0.39, 0.29) is 0 Å². The summed E-state index contributed by atoms with van der Waals surface area (Å²) in [6, 6.07) is 0.790. The summed E-state index contributed by atoms with van der Waals surface area (Å²) >= 11 is 1.62. The molecule has 2 N–H and O–H groups in total. The zero-order valence-electron chi connectivity index (χ0n) is 9.28. The zero-order valence-corrected chi connectivity index (χ0v) is 10.1. The highest BCUT2D eigenvalue weighted by atomic mass is 32.1. The van der Waals surface area contributed by atoms with Gasteiger partial charge >= 0.3 is 0 Å². The Labute approximate surface area is 95.3 Å². The molecule has 1 heterocycles. The van der Waals surface area contributed by atoms with E-state index in [2.05, 4.69) is 16.8 Å². The van der Waals surface area contributed by atoms with Crippen molar-refractivity contribution in [3.05, 3.63) is 11.1 Å². The number of rotatable bonds is 4. The third-order valence-electron chi connectivity index (χ3n) is 3.18. The van der Waals surface area contributed by atoms with Gasteiger partial charge in [-0.15, -0.1) is 11.3 Å². The molecule has 3 nitrogen and oxygen atoms in total. The van der Waals surface area contributed by atoms with Crippen molar-refractivity contribution in [2.24, 2.45) is 0 Å². The van der Waals surface area contributed by atoms with Gasteiger partial charge in [0.15, 0.2) is 5.13 Å². The first kappa shape index (κ1) is 10.9. The lowest BCUT2D eigenvalue weighted by atomic mass is 10.2. The highest BCUT2D eigenvalue weighted by molar-refractivity contribution is 7.15. The molecule has 1 aromatic heterocycles. The Morgan fingerprint density at radius 1 is 1.53 bits per heavy atom. The quantitative estimate of drug-likeness (QED) is 0.856. The molecule has 15 heavy (non-hydrogen) atoms. The van der Waals surface area contributed by atoms with Crippen LogP contribution in [0.1, 0.15) is 37.5 Å². The summed E-state index contributed by atoms with van der Waals surface area (Å²) in [5, 5.41) is 0.687. The number of thiazole rings is 1. The maximum Gasteiger partial charge on any atom is 0.180 e. The van der Waals surface area contributed by atoms with Crippen LogP contribution in [-0.2, 0) is 6.54 Å². The monoisotopic (exact) mass is 225 g/mol. The normalized spacial score (nSPS) is 17.7. The van der Waals surface area contributed by atoms with Gasteiger partial charge in [-0.2, -0.15) is 0 Å². The van der Waals surface area contributed by atoms with Gasteiger partial charge in [-0.05, 0) is 19.4 Å². The second-order valence-electron chi connectivity index (χ2n) is 4.17. The lowest BCUT2D eigenvalue weighted by molar-refractivity contribution is 0.202. The Hall–Kier alpha value is -0.610. The SMILES string of the molecule is CCN(Cc1cnc(N)s1)C1CCCC1. The Balaban J connectivity index is 1.95. The van der Waals surface area contributed by atoms with Crippen molar-refractivity contribution in [3.8, 4) is 0 Å². The molecule has 1 aliphatic rings. The number of hydrogen-bond donors (Lipinski definition) is 1. The molecule has 0 spiro atoms. The average molecular weight is 225 g/mol. The van der Waals surface area contributed by atoms with Crippen LogP contribution in [0.2, 0.25) is 0 Å². The van der Waals surface area contributed by atoms with Crippen LogP contribution in [0.4, 0.5) is 5.13 Å². The molecular formula is C11H19N3S. The first-order valence-electron chi connectivity index (χ1n) is 5.74. The molecule has 0 saturated heterocycles. The summed E-state index contributed by atoms with van der Waals surface area (Å²) in [6.07, 6.45) is 7.43. The Kier molecular flexibility index (Phi) is 3.59. The molecular weight excluding hydrogens is 206 g/mol. The van der Waals surface area contributed by atoms with E-state index in [1.807, 2.05) is 6.20 Å². The summed E-state index contributed by atoms with van der Waals surface area (Å²) in [6.45, 7) is 4.39. The third-order valence-corrected chi connectivity index (χ3v) is 3.99. The van der Waals surface area contributed by atoms with Gasteiger partial charge in [-0.25, -0.2) is 4.98 Å². The minimum atomic E-state index is 0.687. The lowest BCUT2D eigenvalue weighted by Gasteiger charge is -2.26. The molecule has 1 aromatic rings. The van der Waals surface area contributed by atoms with Gasteiger partial charge in [0.25, 0.3) is 0 Å². The van der Waals surface area contributed by atoms with E-state index in [0.29, 0.717) is 5.13 Å². The molecule has 2 rings (SSSR count). The van der Waals surface area contributed by atoms with Crippen LogP contribution in [0.15, 0.2) is 6.20 Å². The Morgan fingerprint density at radius 2 is 2.27 bits per heavy atom. The molecule has 1 fully saturated rings. The van der Waals surface area contributed by atoms with E-state index in [1.165, 1.54) is 30.6 Å². The van der Waals surface area contributed by atoms with Gasteiger partial charge < -0.3 is 5.73 Å². The maximum atomic E-state index is 5.64. The van der Waals surface area contributed by atoms with E-state index >= 15 is 0 Å². The maximum absolute atomic E-state index is 5.64. The highest BCUT2D eigenvalue weighted by Crippen LogP contribution is 2.26. The van der Waals surface area contributed by atoms with Crippen LogP contribution in [0, 0.1) is 0 Å². The van der Waals surface area contributed by atoms with Crippen LogP contribution in [-0.4, -0.2) is 22.5 Å². The molecule has 1 aliphatic carbocycles. The van der Waals surface area contributed by atoms with Gasteiger partial charge in [0, 0.05) is 23.7 Å². The minimum Gasteiger partial charge on any atom is -0.375 e. The molecule has 1 saturated carbocycles. The Bertz CT molecular complexity index is 305. The van der Waals surface area contributed by atoms with Crippen LogP contribution in [0.25, 0.3) is 0 Å². The minimum absolute atomic E-state index is 0.687. The summed E-state index contributed by atoms with van der Waals surface area (Å²) in [4.78, 5) is 7.95. The van der Waals surface area contributed by atoms with Crippen molar-refractivity contribution >= 4 is 16.5 Å². The summed E-state index contributed by atoms with van der Waals surface area (Å²) in [5.41, 5.74) is 5.64. The average Bonchev–Trinajstić information content (AvgIpc) is 2.85. The predicted octanol–water partition coefficient (Wildman–Crippen LogP) is 2.49. The van der Waals surface area contributed by atoms with Crippen molar-refractivity contribution < 1.29 is 0 Å². The first-order chi connectivity index (χ1) is 7.29. The van der Waals surface area contributed by atoms with Crippen molar-refractivity contribution in [1.82, 2.24) is 9.88 Å².